The Kier molecular flexibility index (Phi) is 4.82. The number of furan rings is 1. The molecule has 0 bridgehead atoms. The molecule has 0 spiro atoms. The monoisotopic (exact) mass is 416 g/mol. The van der Waals surface area contributed by atoms with E-state index in [0.29, 0.717) is 40.1 Å². The highest BCUT2D eigenvalue weighted by atomic mass is 32.2. The lowest BCUT2D eigenvalue weighted by Gasteiger charge is -2.10. The summed E-state index contributed by atoms with van der Waals surface area (Å²) in [5, 5.41) is 3.40. The molecule has 2 aromatic carbocycles. The van der Waals surface area contributed by atoms with Crippen LogP contribution in [0, 0.1) is 5.82 Å². The number of nitrogens with one attached hydrogen (secondary N) is 2. The zero-order valence-corrected chi connectivity index (χ0v) is 16.9. The van der Waals surface area contributed by atoms with E-state index in [2.05, 4.69) is 10.0 Å². The molecule has 0 saturated heterocycles. The number of sulfonamides is 1. The summed E-state index contributed by atoms with van der Waals surface area (Å²) in [6.45, 7) is 2.26. The Morgan fingerprint density at radius 2 is 1.90 bits per heavy atom. The van der Waals surface area contributed by atoms with Gasteiger partial charge in [0, 0.05) is 23.6 Å². The first-order valence-corrected chi connectivity index (χ1v) is 11.3. The third-order valence-corrected chi connectivity index (χ3v) is 5.43. The molecule has 1 fully saturated rings. The number of halogens is 1. The van der Waals surface area contributed by atoms with Crippen LogP contribution in [0.5, 0.6) is 0 Å². The molecule has 0 radical (unpaired) electrons. The summed E-state index contributed by atoms with van der Waals surface area (Å²) < 4.78 is 45.5. The first-order valence-electron chi connectivity index (χ1n) is 9.39. The van der Waals surface area contributed by atoms with Crippen LogP contribution in [-0.4, -0.2) is 27.1 Å². The number of rotatable bonds is 6. The highest BCUT2D eigenvalue weighted by Crippen LogP contribution is 2.46. The Morgan fingerprint density at radius 1 is 1.21 bits per heavy atom. The van der Waals surface area contributed by atoms with Crippen LogP contribution in [0.3, 0.4) is 0 Å². The fourth-order valence-electron chi connectivity index (χ4n) is 3.46. The summed E-state index contributed by atoms with van der Waals surface area (Å²) in [6.07, 6.45) is 3.02. The van der Waals surface area contributed by atoms with Crippen molar-refractivity contribution in [1.82, 2.24) is 5.32 Å². The van der Waals surface area contributed by atoms with E-state index in [1.54, 1.807) is 18.2 Å². The third kappa shape index (κ3) is 3.98. The summed E-state index contributed by atoms with van der Waals surface area (Å²) in [5.74, 6) is -0.115. The average Bonchev–Trinajstić information content (AvgIpc) is 3.41. The SMILES string of the molecule is CCNC(=O)c1c(-c2ccc(F)cc2)oc2cc(NS(C)(=O)=O)c(C3CC3)cc12. The number of fused-ring (bicyclic) bond motifs is 1. The summed E-state index contributed by atoms with van der Waals surface area (Å²) in [5.41, 5.74) is 2.63. The number of benzene rings is 2. The maximum Gasteiger partial charge on any atom is 0.255 e. The number of hydrogen-bond donors (Lipinski definition) is 2. The molecule has 0 atom stereocenters. The molecule has 29 heavy (non-hydrogen) atoms. The second-order valence-electron chi connectivity index (χ2n) is 7.26. The number of anilines is 1. The maximum absolute atomic E-state index is 13.4. The zero-order chi connectivity index (χ0) is 20.8. The summed E-state index contributed by atoms with van der Waals surface area (Å²) >= 11 is 0. The minimum atomic E-state index is -3.47. The predicted octanol–water partition coefficient (Wildman–Crippen LogP) is 4.24. The molecule has 1 aliphatic carbocycles. The van der Waals surface area contributed by atoms with Gasteiger partial charge in [-0.05, 0) is 61.6 Å². The highest BCUT2D eigenvalue weighted by Gasteiger charge is 2.30. The van der Waals surface area contributed by atoms with Gasteiger partial charge in [0.25, 0.3) is 5.91 Å². The van der Waals surface area contributed by atoms with Crippen LogP contribution in [0.1, 0.15) is 41.6 Å². The Balaban J connectivity index is 1.96. The van der Waals surface area contributed by atoms with Crippen molar-refractivity contribution in [3.8, 4) is 11.3 Å². The largest absolute Gasteiger partial charge is 0.455 e. The fourth-order valence-corrected chi connectivity index (χ4v) is 4.04. The Bertz CT molecular complexity index is 1200. The van der Waals surface area contributed by atoms with Crippen LogP contribution in [0.4, 0.5) is 10.1 Å². The van der Waals surface area contributed by atoms with E-state index in [1.807, 2.05) is 13.0 Å². The van der Waals surface area contributed by atoms with Crippen molar-refractivity contribution in [3.63, 3.8) is 0 Å². The molecule has 6 nitrogen and oxygen atoms in total. The van der Waals surface area contributed by atoms with Gasteiger partial charge in [0.2, 0.25) is 10.0 Å². The third-order valence-electron chi connectivity index (χ3n) is 4.84. The van der Waals surface area contributed by atoms with E-state index in [0.717, 1.165) is 24.7 Å². The first-order chi connectivity index (χ1) is 13.8. The van der Waals surface area contributed by atoms with Gasteiger partial charge in [-0.3, -0.25) is 9.52 Å². The molecule has 1 aliphatic rings. The molecular weight excluding hydrogens is 395 g/mol. The van der Waals surface area contributed by atoms with Gasteiger partial charge >= 0.3 is 0 Å². The lowest BCUT2D eigenvalue weighted by molar-refractivity contribution is 0.0957. The number of carbonyl (C=O) groups is 1. The Labute approximate surface area is 168 Å². The van der Waals surface area contributed by atoms with Crippen molar-refractivity contribution in [1.29, 1.82) is 0 Å². The van der Waals surface area contributed by atoms with Crippen molar-refractivity contribution in [2.75, 3.05) is 17.5 Å². The molecule has 0 unspecified atom stereocenters. The highest BCUT2D eigenvalue weighted by molar-refractivity contribution is 7.92. The van der Waals surface area contributed by atoms with E-state index in [1.165, 1.54) is 12.1 Å². The van der Waals surface area contributed by atoms with Crippen LogP contribution in [0.2, 0.25) is 0 Å². The van der Waals surface area contributed by atoms with Gasteiger partial charge < -0.3 is 9.73 Å². The first kappa shape index (κ1) is 19.4. The maximum atomic E-state index is 13.4. The zero-order valence-electron chi connectivity index (χ0n) is 16.1. The van der Waals surface area contributed by atoms with Crippen LogP contribution >= 0.6 is 0 Å². The van der Waals surface area contributed by atoms with E-state index >= 15 is 0 Å². The van der Waals surface area contributed by atoms with Gasteiger partial charge in [-0.15, -0.1) is 0 Å². The molecular formula is C21H21FN2O4S. The molecule has 1 saturated carbocycles. The second kappa shape index (κ2) is 7.18. The van der Waals surface area contributed by atoms with E-state index < -0.39 is 10.0 Å². The molecule has 3 aromatic rings. The predicted molar refractivity (Wildman–Crippen MR) is 110 cm³/mol. The Morgan fingerprint density at radius 3 is 2.48 bits per heavy atom. The van der Waals surface area contributed by atoms with Crippen LogP contribution in [0.15, 0.2) is 40.8 Å². The lowest BCUT2D eigenvalue weighted by Crippen LogP contribution is -2.23. The normalized spacial score (nSPS) is 14.2. The van der Waals surface area contributed by atoms with Crippen LogP contribution in [-0.2, 0) is 10.0 Å². The van der Waals surface area contributed by atoms with E-state index in [4.69, 9.17) is 4.42 Å². The van der Waals surface area contributed by atoms with Gasteiger partial charge in [0.05, 0.1) is 17.5 Å². The molecule has 2 N–H and O–H groups in total. The quantitative estimate of drug-likeness (QED) is 0.629. The number of hydrogen-bond acceptors (Lipinski definition) is 4. The number of amides is 1. The number of carbonyl (C=O) groups excluding carboxylic acids is 1. The van der Waals surface area contributed by atoms with Crippen molar-refractivity contribution in [2.45, 2.75) is 25.7 Å². The molecule has 8 heteroatoms. The van der Waals surface area contributed by atoms with E-state index in [-0.39, 0.29) is 17.6 Å². The van der Waals surface area contributed by atoms with Crippen LogP contribution in [0.25, 0.3) is 22.3 Å². The van der Waals surface area contributed by atoms with Gasteiger partial charge in [-0.1, -0.05) is 0 Å². The van der Waals surface area contributed by atoms with Crippen LogP contribution < -0.4 is 10.0 Å². The van der Waals surface area contributed by atoms with Gasteiger partial charge in [0.1, 0.15) is 17.2 Å². The van der Waals surface area contributed by atoms with Crippen molar-refractivity contribution >= 4 is 32.6 Å². The molecule has 152 valence electrons. The van der Waals surface area contributed by atoms with Crippen molar-refractivity contribution < 1.29 is 22.0 Å². The smallest absolute Gasteiger partial charge is 0.255 e. The molecule has 1 amide bonds. The standard InChI is InChI=1S/C21H21FN2O4S/c1-3-23-21(25)19-16-10-15(12-4-5-12)17(24-29(2,26)27)11-18(16)28-20(19)13-6-8-14(22)9-7-13/h6-12,24H,3-5H2,1-2H3,(H,23,25). The van der Waals surface area contributed by atoms with Crippen molar-refractivity contribution in [2.24, 2.45) is 0 Å². The fraction of sp³-hybridized carbons (Fsp3) is 0.286. The summed E-state index contributed by atoms with van der Waals surface area (Å²) in [4.78, 5) is 12.8. The summed E-state index contributed by atoms with van der Waals surface area (Å²) in [6, 6.07) is 9.16. The van der Waals surface area contributed by atoms with E-state index in [9.17, 15) is 17.6 Å². The minimum Gasteiger partial charge on any atom is -0.455 e. The molecule has 1 aromatic heterocycles. The van der Waals surface area contributed by atoms with Gasteiger partial charge in [0.15, 0.2) is 0 Å². The second-order valence-corrected chi connectivity index (χ2v) is 9.01. The molecule has 1 heterocycles. The van der Waals surface area contributed by atoms with Crippen molar-refractivity contribution in [3.05, 3.63) is 53.3 Å². The lowest BCUT2D eigenvalue weighted by atomic mass is 10.0. The minimum absolute atomic E-state index is 0.245. The molecule has 4 rings (SSSR count). The molecule has 0 aliphatic heterocycles. The topological polar surface area (TPSA) is 88.4 Å². The Hall–Kier alpha value is -2.87. The van der Waals surface area contributed by atoms with Gasteiger partial charge in [-0.2, -0.15) is 0 Å². The summed E-state index contributed by atoms with van der Waals surface area (Å²) in [7, 11) is -3.47. The average molecular weight is 416 g/mol. The van der Waals surface area contributed by atoms with Gasteiger partial charge in [-0.25, -0.2) is 12.8 Å².